The molecule has 0 saturated heterocycles. The maximum absolute atomic E-state index is 13.2. The summed E-state index contributed by atoms with van der Waals surface area (Å²) in [6.07, 6.45) is 2.16. The molecule has 1 aromatic carbocycles. The highest BCUT2D eigenvalue weighted by Crippen LogP contribution is 2.43. The van der Waals surface area contributed by atoms with E-state index in [1.807, 2.05) is 0 Å². The van der Waals surface area contributed by atoms with Crippen molar-refractivity contribution in [1.82, 2.24) is 0 Å². The molecule has 0 radical (unpaired) electrons. The number of nitrogens with two attached hydrogens (primary N) is 1. The van der Waals surface area contributed by atoms with Crippen LogP contribution in [0.25, 0.3) is 0 Å². The molecule has 0 aromatic heterocycles. The summed E-state index contributed by atoms with van der Waals surface area (Å²) in [6.45, 7) is 1.66. The summed E-state index contributed by atoms with van der Waals surface area (Å²) >= 11 is 0. The van der Waals surface area contributed by atoms with Crippen molar-refractivity contribution < 1.29 is 9.50 Å². The maximum Gasteiger partial charge on any atom is 0.126 e. The Kier molecular flexibility index (Phi) is 2.19. The Labute approximate surface area is 82.5 Å². The van der Waals surface area contributed by atoms with Gasteiger partial charge in [-0.3, -0.25) is 0 Å². The lowest BCUT2D eigenvalue weighted by molar-refractivity contribution is 0.451. The van der Waals surface area contributed by atoms with E-state index >= 15 is 0 Å². The molecule has 0 spiro atoms. The van der Waals surface area contributed by atoms with Crippen LogP contribution < -0.4 is 5.73 Å². The number of benzene rings is 1. The molecule has 1 aromatic rings. The number of aromatic hydroxyl groups is 1. The van der Waals surface area contributed by atoms with Gasteiger partial charge in [0.25, 0.3) is 0 Å². The summed E-state index contributed by atoms with van der Waals surface area (Å²) in [6, 6.07) is 2.43. The lowest BCUT2D eigenvalue weighted by atomic mass is 9.97. The van der Waals surface area contributed by atoms with Gasteiger partial charge < -0.3 is 10.8 Å². The predicted molar refractivity (Wildman–Crippen MR) is 52.5 cm³/mol. The van der Waals surface area contributed by atoms with Gasteiger partial charge in [-0.25, -0.2) is 4.39 Å². The second-order valence-corrected chi connectivity index (χ2v) is 3.97. The van der Waals surface area contributed by atoms with E-state index in [0.29, 0.717) is 17.0 Å². The first-order valence-electron chi connectivity index (χ1n) is 4.85. The standard InChI is InChI=1S/C11H14FNO/c1-6-8(12)4-5-9(14)10(6)11(13)7-2-3-7/h4-5,7,11,14H,2-3,13H2,1H3/t11-/m0/s1. The van der Waals surface area contributed by atoms with Crippen molar-refractivity contribution in [2.75, 3.05) is 0 Å². The van der Waals surface area contributed by atoms with Crippen molar-refractivity contribution in [3.05, 3.63) is 29.1 Å². The number of hydrogen-bond acceptors (Lipinski definition) is 2. The molecule has 3 heteroatoms. The first kappa shape index (κ1) is 9.46. The van der Waals surface area contributed by atoms with Crippen LogP contribution in [0.4, 0.5) is 4.39 Å². The van der Waals surface area contributed by atoms with Gasteiger partial charge in [-0.2, -0.15) is 0 Å². The molecule has 0 aliphatic heterocycles. The zero-order chi connectivity index (χ0) is 10.3. The zero-order valence-corrected chi connectivity index (χ0v) is 8.13. The minimum Gasteiger partial charge on any atom is -0.508 e. The Morgan fingerprint density at radius 1 is 1.50 bits per heavy atom. The summed E-state index contributed by atoms with van der Waals surface area (Å²) < 4.78 is 13.2. The zero-order valence-electron chi connectivity index (χ0n) is 8.13. The topological polar surface area (TPSA) is 46.2 Å². The molecular weight excluding hydrogens is 181 g/mol. The molecule has 1 atom stereocenters. The number of halogens is 1. The van der Waals surface area contributed by atoms with Crippen LogP contribution in [0.3, 0.4) is 0 Å². The largest absolute Gasteiger partial charge is 0.508 e. The van der Waals surface area contributed by atoms with E-state index in [-0.39, 0.29) is 17.6 Å². The summed E-state index contributed by atoms with van der Waals surface area (Å²) in [5.74, 6) is 0.235. The Morgan fingerprint density at radius 3 is 2.71 bits per heavy atom. The number of hydrogen-bond donors (Lipinski definition) is 2. The molecular formula is C11H14FNO. The molecule has 0 heterocycles. The fourth-order valence-corrected chi connectivity index (χ4v) is 1.80. The maximum atomic E-state index is 13.2. The van der Waals surface area contributed by atoms with Crippen molar-refractivity contribution in [1.29, 1.82) is 0 Å². The van der Waals surface area contributed by atoms with Crippen LogP contribution in [0.5, 0.6) is 5.75 Å². The van der Waals surface area contributed by atoms with Crippen molar-refractivity contribution >= 4 is 0 Å². The Balaban J connectivity index is 2.43. The van der Waals surface area contributed by atoms with E-state index in [1.54, 1.807) is 6.92 Å². The molecule has 14 heavy (non-hydrogen) atoms. The minimum atomic E-state index is -0.297. The smallest absolute Gasteiger partial charge is 0.126 e. The van der Waals surface area contributed by atoms with Crippen LogP contribution >= 0.6 is 0 Å². The molecule has 0 unspecified atom stereocenters. The Bertz CT molecular complexity index is 361. The second-order valence-electron chi connectivity index (χ2n) is 3.97. The van der Waals surface area contributed by atoms with Crippen LogP contribution in [0.2, 0.25) is 0 Å². The van der Waals surface area contributed by atoms with Gasteiger partial charge in [-0.1, -0.05) is 0 Å². The van der Waals surface area contributed by atoms with Crippen molar-refractivity contribution in [3.63, 3.8) is 0 Å². The monoisotopic (exact) mass is 195 g/mol. The number of rotatable bonds is 2. The second kappa shape index (κ2) is 3.24. The van der Waals surface area contributed by atoms with Gasteiger partial charge in [0.1, 0.15) is 11.6 Å². The lowest BCUT2D eigenvalue weighted by Gasteiger charge is -2.15. The van der Waals surface area contributed by atoms with Crippen LogP contribution in [0, 0.1) is 18.7 Å². The third-order valence-corrected chi connectivity index (χ3v) is 2.89. The fraction of sp³-hybridized carbons (Fsp3) is 0.455. The highest BCUT2D eigenvalue weighted by molar-refractivity contribution is 5.42. The summed E-state index contributed by atoms with van der Waals surface area (Å²) in [5, 5.41) is 9.62. The van der Waals surface area contributed by atoms with Crippen molar-refractivity contribution in [2.45, 2.75) is 25.8 Å². The van der Waals surface area contributed by atoms with Gasteiger partial charge >= 0.3 is 0 Å². The van der Waals surface area contributed by atoms with Crippen molar-refractivity contribution in [3.8, 4) is 5.75 Å². The highest BCUT2D eigenvalue weighted by Gasteiger charge is 2.32. The molecule has 1 aliphatic rings. The molecule has 2 nitrogen and oxygen atoms in total. The summed E-state index contributed by atoms with van der Waals surface area (Å²) in [5.41, 5.74) is 7.00. The third kappa shape index (κ3) is 1.48. The van der Waals surface area contributed by atoms with Gasteiger partial charge in [0.2, 0.25) is 0 Å². The molecule has 0 bridgehead atoms. The van der Waals surface area contributed by atoms with E-state index in [2.05, 4.69) is 0 Å². The first-order valence-corrected chi connectivity index (χ1v) is 4.85. The third-order valence-electron chi connectivity index (χ3n) is 2.89. The SMILES string of the molecule is Cc1c(F)ccc(O)c1[C@@H](N)C1CC1. The van der Waals surface area contributed by atoms with Gasteiger partial charge in [0, 0.05) is 11.6 Å². The quantitative estimate of drug-likeness (QED) is 0.760. The Hall–Kier alpha value is -1.09. The molecule has 3 N–H and O–H groups in total. The van der Waals surface area contributed by atoms with Gasteiger partial charge in [-0.15, -0.1) is 0 Å². The van der Waals surface area contributed by atoms with E-state index in [4.69, 9.17) is 5.73 Å². The first-order chi connectivity index (χ1) is 6.61. The van der Waals surface area contributed by atoms with E-state index in [0.717, 1.165) is 12.8 Å². The number of phenolic OH excluding ortho intramolecular Hbond substituents is 1. The van der Waals surface area contributed by atoms with Crippen LogP contribution in [-0.2, 0) is 0 Å². The van der Waals surface area contributed by atoms with Gasteiger partial charge in [-0.05, 0) is 43.4 Å². The Morgan fingerprint density at radius 2 is 2.14 bits per heavy atom. The van der Waals surface area contributed by atoms with Crippen LogP contribution in [-0.4, -0.2) is 5.11 Å². The summed E-state index contributed by atoms with van der Waals surface area (Å²) in [7, 11) is 0. The predicted octanol–water partition coefficient (Wildman–Crippen LogP) is 2.25. The normalized spacial score (nSPS) is 18.2. The molecule has 1 saturated carbocycles. The molecule has 1 fully saturated rings. The van der Waals surface area contributed by atoms with E-state index in [9.17, 15) is 9.50 Å². The fourth-order valence-electron chi connectivity index (χ4n) is 1.80. The molecule has 1 aliphatic carbocycles. The molecule has 76 valence electrons. The lowest BCUT2D eigenvalue weighted by Crippen LogP contribution is -2.14. The van der Waals surface area contributed by atoms with Crippen molar-refractivity contribution in [2.24, 2.45) is 11.7 Å². The van der Waals surface area contributed by atoms with E-state index in [1.165, 1.54) is 12.1 Å². The molecule has 2 rings (SSSR count). The van der Waals surface area contributed by atoms with Crippen LogP contribution in [0.15, 0.2) is 12.1 Å². The average molecular weight is 195 g/mol. The van der Waals surface area contributed by atoms with Gasteiger partial charge in [0.05, 0.1) is 0 Å². The summed E-state index contributed by atoms with van der Waals surface area (Å²) in [4.78, 5) is 0. The van der Waals surface area contributed by atoms with Gasteiger partial charge in [0.15, 0.2) is 0 Å². The van der Waals surface area contributed by atoms with E-state index < -0.39 is 0 Å². The minimum absolute atomic E-state index is 0.114. The molecule has 0 amide bonds. The number of phenols is 1. The average Bonchev–Trinajstić information content (AvgIpc) is 2.95. The van der Waals surface area contributed by atoms with Crippen LogP contribution in [0.1, 0.15) is 30.0 Å². The highest BCUT2D eigenvalue weighted by atomic mass is 19.1.